The molecule has 0 aliphatic carbocycles. The van der Waals surface area contributed by atoms with E-state index in [4.69, 9.17) is 0 Å². The Labute approximate surface area is 140 Å². The third-order valence-electron chi connectivity index (χ3n) is 4.35. The number of hydrogen-bond donors (Lipinski definition) is 0. The van der Waals surface area contributed by atoms with Crippen LogP contribution in [0, 0.1) is 11.6 Å². The molecule has 0 bridgehead atoms. The van der Waals surface area contributed by atoms with Gasteiger partial charge in [0.25, 0.3) is 5.91 Å². The van der Waals surface area contributed by atoms with Crippen LogP contribution in [0.15, 0.2) is 42.5 Å². The van der Waals surface area contributed by atoms with Gasteiger partial charge in [-0.3, -0.25) is 4.79 Å². The topological polar surface area (TPSA) is 23.6 Å². The molecule has 0 radical (unpaired) electrons. The lowest BCUT2D eigenvalue weighted by Crippen LogP contribution is -2.28. The fourth-order valence-corrected chi connectivity index (χ4v) is 3.11. The maximum Gasteiger partial charge on any atom is 0.256 e. The van der Waals surface area contributed by atoms with Crippen LogP contribution in [-0.2, 0) is 6.54 Å². The van der Waals surface area contributed by atoms with E-state index >= 15 is 0 Å². The lowest BCUT2D eigenvalue weighted by atomic mass is 10.1. The first-order valence-electron chi connectivity index (χ1n) is 8.09. The lowest BCUT2D eigenvalue weighted by molar-refractivity contribution is 0.0780. The molecule has 3 rings (SSSR count). The van der Waals surface area contributed by atoms with Gasteiger partial charge < -0.3 is 9.80 Å². The molecule has 1 heterocycles. The molecule has 0 saturated carbocycles. The highest BCUT2D eigenvalue weighted by Gasteiger charge is 2.20. The normalized spacial score (nSPS) is 14.0. The molecule has 126 valence electrons. The fourth-order valence-electron chi connectivity index (χ4n) is 3.11. The van der Waals surface area contributed by atoms with Gasteiger partial charge in [0.1, 0.15) is 11.6 Å². The third-order valence-corrected chi connectivity index (χ3v) is 4.35. The van der Waals surface area contributed by atoms with E-state index in [9.17, 15) is 13.6 Å². The van der Waals surface area contributed by atoms with Gasteiger partial charge in [0.05, 0.1) is 5.56 Å². The van der Waals surface area contributed by atoms with Crippen molar-refractivity contribution in [2.45, 2.75) is 19.4 Å². The van der Waals surface area contributed by atoms with Crippen molar-refractivity contribution in [1.29, 1.82) is 0 Å². The predicted octanol–water partition coefficient (Wildman–Crippen LogP) is 3.84. The molecule has 0 unspecified atom stereocenters. The van der Waals surface area contributed by atoms with Crippen molar-refractivity contribution in [3.05, 3.63) is 65.2 Å². The average Bonchev–Trinajstić information content (AvgIpc) is 3.11. The Morgan fingerprint density at radius 3 is 2.58 bits per heavy atom. The SMILES string of the molecule is CN(Cc1ccccc1N1CCCC1)C(=O)c1cc(F)ccc1F. The predicted molar refractivity (Wildman–Crippen MR) is 90.0 cm³/mol. The van der Waals surface area contributed by atoms with Gasteiger partial charge >= 0.3 is 0 Å². The second-order valence-electron chi connectivity index (χ2n) is 6.11. The highest BCUT2D eigenvalue weighted by atomic mass is 19.1. The first-order chi connectivity index (χ1) is 11.6. The molecule has 24 heavy (non-hydrogen) atoms. The van der Waals surface area contributed by atoms with Crippen LogP contribution in [0.3, 0.4) is 0 Å². The van der Waals surface area contributed by atoms with E-state index in [1.165, 1.54) is 4.90 Å². The Kier molecular flexibility index (Phi) is 4.79. The van der Waals surface area contributed by atoms with Gasteiger partial charge in [0.15, 0.2) is 0 Å². The van der Waals surface area contributed by atoms with Crippen LogP contribution in [0.1, 0.15) is 28.8 Å². The van der Waals surface area contributed by atoms with Gasteiger partial charge in [0.2, 0.25) is 0 Å². The van der Waals surface area contributed by atoms with Crippen LogP contribution < -0.4 is 4.90 Å². The maximum absolute atomic E-state index is 13.8. The summed E-state index contributed by atoms with van der Waals surface area (Å²) in [5.74, 6) is -1.85. The van der Waals surface area contributed by atoms with Crippen LogP contribution in [0.5, 0.6) is 0 Å². The van der Waals surface area contributed by atoms with Gasteiger partial charge in [-0.2, -0.15) is 0 Å². The van der Waals surface area contributed by atoms with Crippen molar-refractivity contribution in [3.8, 4) is 0 Å². The van der Waals surface area contributed by atoms with E-state index in [0.717, 1.165) is 55.4 Å². The Balaban J connectivity index is 1.81. The summed E-state index contributed by atoms with van der Waals surface area (Å²) in [5.41, 5.74) is 1.87. The van der Waals surface area contributed by atoms with Crippen molar-refractivity contribution < 1.29 is 13.6 Å². The zero-order valence-corrected chi connectivity index (χ0v) is 13.6. The molecule has 1 aliphatic rings. The summed E-state index contributed by atoms with van der Waals surface area (Å²) in [4.78, 5) is 16.2. The van der Waals surface area contributed by atoms with Crippen molar-refractivity contribution >= 4 is 11.6 Å². The van der Waals surface area contributed by atoms with Crippen molar-refractivity contribution in [1.82, 2.24) is 4.90 Å². The smallest absolute Gasteiger partial charge is 0.256 e. The maximum atomic E-state index is 13.8. The summed E-state index contributed by atoms with van der Waals surface area (Å²) in [7, 11) is 1.60. The van der Waals surface area contributed by atoms with Gasteiger partial charge in [-0.1, -0.05) is 18.2 Å². The summed E-state index contributed by atoms with van der Waals surface area (Å²) >= 11 is 0. The minimum atomic E-state index is -0.707. The van der Waals surface area contributed by atoms with Crippen LogP contribution in [0.4, 0.5) is 14.5 Å². The molecule has 2 aromatic rings. The van der Waals surface area contributed by atoms with E-state index in [1.54, 1.807) is 7.05 Å². The van der Waals surface area contributed by atoms with Crippen molar-refractivity contribution in [2.24, 2.45) is 0 Å². The molecule has 0 N–H and O–H groups in total. The number of carbonyl (C=O) groups excluding carboxylic acids is 1. The van der Waals surface area contributed by atoms with E-state index in [0.29, 0.717) is 6.54 Å². The van der Waals surface area contributed by atoms with Crippen LogP contribution in [0.2, 0.25) is 0 Å². The zero-order valence-electron chi connectivity index (χ0n) is 13.6. The minimum absolute atomic E-state index is 0.240. The first-order valence-corrected chi connectivity index (χ1v) is 8.09. The molecule has 2 aromatic carbocycles. The van der Waals surface area contributed by atoms with Crippen molar-refractivity contribution in [3.63, 3.8) is 0 Å². The monoisotopic (exact) mass is 330 g/mol. The number of carbonyl (C=O) groups is 1. The van der Waals surface area contributed by atoms with E-state index < -0.39 is 17.5 Å². The minimum Gasteiger partial charge on any atom is -0.371 e. The third kappa shape index (κ3) is 3.40. The van der Waals surface area contributed by atoms with E-state index in [2.05, 4.69) is 4.90 Å². The molecule has 1 saturated heterocycles. The molecular weight excluding hydrogens is 310 g/mol. The second kappa shape index (κ2) is 6.99. The van der Waals surface area contributed by atoms with E-state index in [-0.39, 0.29) is 5.56 Å². The number of amides is 1. The molecule has 1 fully saturated rings. The van der Waals surface area contributed by atoms with Crippen LogP contribution in [-0.4, -0.2) is 30.9 Å². The second-order valence-corrected chi connectivity index (χ2v) is 6.11. The summed E-state index contributed by atoms with van der Waals surface area (Å²) in [6, 6.07) is 10.9. The summed E-state index contributed by atoms with van der Waals surface area (Å²) in [6.07, 6.45) is 2.33. The van der Waals surface area contributed by atoms with Crippen molar-refractivity contribution in [2.75, 3.05) is 25.0 Å². The average molecular weight is 330 g/mol. The number of anilines is 1. The first kappa shape index (κ1) is 16.4. The molecule has 1 aliphatic heterocycles. The largest absolute Gasteiger partial charge is 0.371 e. The van der Waals surface area contributed by atoms with Crippen LogP contribution in [0.25, 0.3) is 0 Å². The molecule has 3 nitrogen and oxygen atoms in total. The van der Waals surface area contributed by atoms with Gasteiger partial charge in [-0.15, -0.1) is 0 Å². The van der Waals surface area contributed by atoms with Gasteiger partial charge in [-0.05, 0) is 42.7 Å². The molecule has 0 spiro atoms. The standard InChI is InChI=1S/C19H20F2N2O/c1-22(19(24)16-12-15(20)8-9-17(16)21)13-14-6-2-3-7-18(14)23-10-4-5-11-23/h2-3,6-9,12H,4-5,10-11,13H2,1H3. The number of benzene rings is 2. The van der Waals surface area contributed by atoms with E-state index in [1.807, 2.05) is 24.3 Å². The number of hydrogen-bond acceptors (Lipinski definition) is 2. The molecule has 0 aromatic heterocycles. The lowest BCUT2D eigenvalue weighted by Gasteiger charge is -2.24. The number of halogens is 2. The zero-order chi connectivity index (χ0) is 17.1. The quantitative estimate of drug-likeness (QED) is 0.850. The Bertz CT molecular complexity index is 742. The highest BCUT2D eigenvalue weighted by molar-refractivity contribution is 5.94. The Hall–Kier alpha value is -2.43. The highest BCUT2D eigenvalue weighted by Crippen LogP contribution is 2.26. The molecular formula is C19H20F2N2O. The molecule has 1 amide bonds. The Morgan fingerprint density at radius 2 is 1.83 bits per heavy atom. The fraction of sp³-hybridized carbons (Fsp3) is 0.316. The van der Waals surface area contributed by atoms with Gasteiger partial charge in [0, 0.05) is 32.4 Å². The number of rotatable bonds is 4. The summed E-state index contributed by atoms with van der Waals surface area (Å²) < 4.78 is 27.1. The molecule has 5 heteroatoms. The molecule has 0 atom stereocenters. The summed E-state index contributed by atoms with van der Waals surface area (Å²) in [5, 5.41) is 0. The number of para-hydroxylation sites is 1. The van der Waals surface area contributed by atoms with Crippen LogP contribution >= 0.6 is 0 Å². The Morgan fingerprint density at radius 1 is 1.12 bits per heavy atom. The summed E-state index contributed by atoms with van der Waals surface area (Å²) in [6.45, 7) is 2.36. The van der Waals surface area contributed by atoms with Gasteiger partial charge in [-0.25, -0.2) is 8.78 Å². The number of nitrogens with zero attached hydrogens (tertiary/aromatic N) is 2.